The highest BCUT2D eigenvalue weighted by atomic mass is 31.2. The zero-order chi connectivity index (χ0) is 37.0. The molecule has 0 saturated heterocycles. The molecule has 6 atom stereocenters. The fourth-order valence-electron chi connectivity index (χ4n) is 5.94. The maximum atomic E-state index is 12.7. The van der Waals surface area contributed by atoms with Gasteiger partial charge in [0, 0.05) is 13.0 Å². The normalized spacial score (nSPS) is 24.4. The molecule has 50 heavy (non-hydrogen) atoms. The first kappa shape index (κ1) is 47.1. The molecule has 1 saturated carbocycles. The van der Waals surface area contributed by atoms with E-state index in [9.17, 15) is 39.8 Å². The number of carbonyl (C=O) groups excluding carboxylic acids is 1. The lowest BCUT2D eigenvalue weighted by Crippen LogP contribution is -2.64. The standard InChI is InChI=1S/C37H71O12P/c1-3-5-7-9-11-12-13-14-15-16-17-18-19-21-23-25-27-46-28-30(48-31(38)26-24-22-20-10-8-6-4-2)29-47-50(44,45)49-37-35(42)33(40)32(39)34(41)36(37)43/h14-15,30,32-37,39-43H,3-13,16-29H2,1-2H3,(H,44,45)/b15-14-. The summed E-state index contributed by atoms with van der Waals surface area (Å²) >= 11 is 0. The maximum absolute atomic E-state index is 12.7. The molecule has 0 amide bonds. The highest BCUT2D eigenvalue weighted by Crippen LogP contribution is 2.47. The summed E-state index contributed by atoms with van der Waals surface area (Å²) in [5.41, 5.74) is 0. The summed E-state index contributed by atoms with van der Waals surface area (Å²) in [4.78, 5) is 22.9. The van der Waals surface area contributed by atoms with Gasteiger partial charge < -0.3 is 39.9 Å². The van der Waals surface area contributed by atoms with Crippen LogP contribution in [-0.2, 0) is 27.9 Å². The number of phosphoric acid groups is 1. The zero-order valence-corrected chi connectivity index (χ0v) is 31.8. The van der Waals surface area contributed by atoms with Gasteiger partial charge in [0.05, 0.1) is 13.2 Å². The summed E-state index contributed by atoms with van der Waals surface area (Å²) in [7, 11) is -5.00. The molecule has 0 radical (unpaired) electrons. The minimum atomic E-state index is -5.00. The first-order valence-corrected chi connectivity index (χ1v) is 21.0. The minimum absolute atomic E-state index is 0.0773. The Labute approximate surface area is 301 Å². The van der Waals surface area contributed by atoms with E-state index >= 15 is 0 Å². The largest absolute Gasteiger partial charge is 0.472 e. The third kappa shape index (κ3) is 22.2. The molecule has 0 aromatic rings. The van der Waals surface area contributed by atoms with Gasteiger partial charge in [-0.1, -0.05) is 122 Å². The second-order valence-electron chi connectivity index (χ2n) is 13.8. The number of unbranched alkanes of at least 4 members (excludes halogenated alkanes) is 18. The van der Waals surface area contributed by atoms with Crippen LogP contribution in [0, 0.1) is 0 Å². The quantitative estimate of drug-likeness (QED) is 0.0193. The van der Waals surface area contributed by atoms with Gasteiger partial charge in [-0.15, -0.1) is 0 Å². The van der Waals surface area contributed by atoms with E-state index in [0.717, 1.165) is 57.8 Å². The molecule has 1 aliphatic carbocycles. The summed E-state index contributed by atoms with van der Waals surface area (Å²) in [6.07, 6.45) is 16.1. The Balaban J connectivity index is 2.41. The fraction of sp³-hybridized carbons (Fsp3) is 0.919. The molecule has 6 N–H and O–H groups in total. The van der Waals surface area contributed by atoms with Crippen LogP contribution in [0.15, 0.2) is 12.2 Å². The molecule has 0 bridgehead atoms. The van der Waals surface area contributed by atoms with Crippen molar-refractivity contribution >= 4 is 13.8 Å². The van der Waals surface area contributed by atoms with Crippen LogP contribution >= 0.6 is 7.82 Å². The number of phosphoric ester groups is 1. The molecule has 0 aliphatic heterocycles. The zero-order valence-electron chi connectivity index (χ0n) is 31.0. The molecular weight excluding hydrogens is 667 g/mol. The van der Waals surface area contributed by atoms with E-state index < -0.39 is 63.1 Å². The number of allylic oxidation sites excluding steroid dienone is 2. The van der Waals surface area contributed by atoms with E-state index in [1.165, 1.54) is 70.6 Å². The van der Waals surface area contributed by atoms with Gasteiger partial charge in [-0.25, -0.2) is 4.57 Å². The number of aliphatic hydroxyl groups is 5. The molecule has 0 heterocycles. The average Bonchev–Trinajstić information content (AvgIpc) is 3.09. The van der Waals surface area contributed by atoms with Crippen molar-refractivity contribution < 1.29 is 58.3 Å². The summed E-state index contributed by atoms with van der Waals surface area (Å²) in [5, 5.41) is 49.8. The molecule has 0 aromatic heterocycles. The van der Waals surface area contributed by atoms with E-state index in [0.29, 0.717) is 13.0 Å². The lowest BCUT2D eigenvalue weighted by molar-refractivity contribution is -0.220. The van der Waals surface area contributed by atoms with Crippen molar-refractivity contribution in [2.24, 2.45) is 0 Å². The van der Waals surface area contributed by atoms with Crippen LogP contribution in [0.2, 0.25) is 0 Å². The van der Waals surface area contributed by atoms with Crippen LogP contribution in [0.5, 0.6) is 0 Å². The molecule has 12 nitrogen and oxygen atoms in total. The maximum Gasteiger partial charge on any atom is 0.472 e. The van der Waals surface area contributed by atoms with Crippen molar-refractivity contribution in [1.29, 1.82) is 0 Å². The Hall–Kier alpha value is -0.920. The van der Waals surface area contributed by atoms with E-state index in [-0.39, 0.29) is 13.0 Å². The lowest BCUT2D eigenvalue weighted by Gasteiger charge is -2.41. The summed E-state index contributed by atoms with van der Waals surface area (Å²) < 4.78 is 33.9. The van der Waals surface area contributed by atoms with Crippen molar-refractivity contribution in [1.82, 2.24) is 0 Å². The van der Waals surface area contributed by atoms with Gasteiger partial charge in [0.2, 0.25) is 0 Å². The predicted octanol–water partition coefficient (Wildman–Crippen LogP) is 6.41. The van der Waals surface area contributed by atoms with Gasteiger partial charge in [-0.3, -0.25) is 13.8 Å². The Morgan fingerprint density at radius 2 is 1.06 bits per heavy atom. The van der Waals surface area contributed by atoms with E-state index in [2.05, 4.69) is 26.0 Å². The summed E-state index contributed by atoms with van der Waals surface area (Å²) in [6.45, 7) is 4.16. The third-order valence-corrected chi connectivity index (χ3v) is 10.1. The average molecular weight is 739 g/mol. The van der Waals surface area contributed by atoms with Crippen molar-refractivity contribution in [2.45, 2.75) is 198 Å². The van der Waals surface area contributed by atoms with Crippen molar-refractivity contribution in [3.8, 4) is 0 Å². The second kappa shape index (κ2) is 29.5. The molecule has 13 heteroatoms. The number of carbonyl (C=O) groups is 1. The summed E-state index contributed by atoms with van der Waals surface area (Å²) in [6, 6.07) is 0. The van der Waals surface area contributed by atoms with Gasteiger partial charge in [0.15, 0.2) is 0 Å². The van der Waals surface area contributed by atoms with Crippen LogP contribution in [0.25, 0.3) is 0 Å². The molecule has 1 aliphatic rings. The number of ether oxygens (including phenoxy) is 2. The molecule has 6 unspecified atom stereocenters. The molecular formula is C37H71O12P. The first-order valence-electron chi connectivity index (χ1n) is 19.5. The lowest BCUT2D eigenvalue weighted by atomic mass is 9.85. The van der Waals surface area contributed by atoms with Gasteiger partial charge in [-0.2, -0.15) is 0 Å². The third-order valence-electron chi connectivity index (χ3n) is 9.14. The van der Waals surface area contributed by atoms with Gasteiger partial charge in [0.25, 0.3) is 0 Å². The molecule has 1 fully saturated rings. The monoisotopic (exact) mass is 738 g/mol. The highest BCUT2D eigenvalue weighted by molar-refractivity contribution is 7.47. The Morgan fingerprint density at radius 3 is 1.58 bits per heavy atom. The number of hydrogen-bond donors (Lipinski definition) is 6. The predicted molar refractivity (Wildman–Crippen MR) is 193 cm³/mol. The smallest absolute Gasteiger partial charge is 0.457 e. The van der Waals surface area contributed by atoms with Gasteiger partial charge in [-0.05, 0) is 38.5 Å². The van der Waals surface area contributed by atoms with Gasteiger partial charge in [0.1, 0.15) is 42.7 Å². The van der Waals surface area contributed by atoms with Crippen molar-refractivity contribution in [2.75, 3.05) is 19.8 Å². The Bertz CT molecular complexity index is 890. The second-order valence-corrected chi connectivity index (χ2v) is 15.2. The fourth-order valence-corrected chi connectivity index (χ4v) is 6.91. The molecule has 1 rings (SSSR count). The number of hydrogen-bond acceptors (Lipinski definition) is 11. The minimum Gasteiger partial charge on any atom is -0.457 e. The number of rotatable bonds is 32. The van der Waals surface area contributed by atoms with Crippen LogP contribution in [0.3, 0.4) is 0 Å². The van der Waals surface area contributed by atoms with E-state index in [1.54, 1.807) is 0 Å². The van der Waals surface area contributed by atoms with Gasteiger partial charge >= 0.3 is 13.8 Å². The van der Waals surface area contributed by atoms with Crippen LogP contribution in [-0.4, -0.2) is 98.9 Å². The number of aliphatic hydroxyl groups excluding tert-OH is 5. The molecule has 0 spiro atoms. The van der Waals surface area contributed by atoms with Crippen molar-refractivity contribution in [3.05, 3.63) is 12.2 Å². The first-order chi connectivity index (χ1) is 24.0. The SMILES string of the molecule is CCCCCCCC/C=C\CCCCCCCCOCC(COP(=O)(O)OC1C(O)C(O)C(O)C(O)C1O)OC(=O)CCCCCCCCC. The van der Waals surface area contributed by atoms with Crippen LogP contribution in [0.1, 0.15) is 155 Å². The van der Waals surface area contributed by atoms with E-state index in [4.69, 9.17) is 18.5 Å². The Kier molecular flexibility index (Phi) is 27.8. The molecule has 296 valence electrons. The van der Waals surface area contributed by atoms with E-state index in [1.807, 2.05) is 0 Å². The topological polar surface area (TPSA) is 192 Å². The number of esters is 1. The van der Waals surface area contributed by atoms with Crippen molar-refractivity contribution in [3.63, 3.8) is 0 Å². The Morgan fingerprint density at radius 1 is 0.620 bits per heavy atom. The highest BCUT2D eigenvalue weighted by Gasteiger charge is 2.51. The van der Waals surface area contributed by atoms with Crippen LogP contribution in [0.4, 0.5) is 0 Å². The van der Waals surface area contributed by atoms with Crippen LogP contribution < -0.4 is 0 Å². The molecule has 0 aromatic carbocycles. The summed E-state index contributed by atoms with van der Waals surface area (Å²) in [5.74, 6) is -0.486.